The van der Waals surface area contributed by atoms with Gasteiger partial charge in [-0.05, 0) is 49.2 Å². The van der Waals surface area contributed by atoms with Gasteiger partial charge >= 0.3 is 0 Å². The molecule has 2 aromatic rings. The van der Waals surface area contributed by atoms with Gasteiger partial charge in [0, 0.05) is 36.7 Å². The molecule has 7 heteroatoms. The molecule has 0 aromatic heterocycles. The van der Waals surface area contributed by atoms with Crippen molar-refractivity contribution in [3.05, 3.63) is 65.7 Å². The van der Waals surface area contributed by atoms with E-state index in [1.807, 2.05) is 0 Å². The third-order valence-corrected chi connectivity index (χ3v) is 5.70. The van der Waals surface area contributed by atoms with E-state index >= 15 is 0 Å². The lowest BCUT2D eigenvalue weighted by Gasteiger charge is -2.36. The number of carbonyl (C=O) groups excluding carboxylic acids is 3. The highest BCUT2D eigenvalue weighted by molar-refractivity contribution is 6.03. The molecule has 2 fully saturated rings. The standard InChI is InChI=1S/C22H20F2N2O3/c23-15-4-1-3-14(9-15)20(28)25-17-11-19(27)13-22(12-17)7-8-26(21(22)29)18-6-2-5-16(24)10-18/h1-6,9-10,17H,7-8,11-13H2,(H,25,28)/t17-,22-/m0/s1. The van der Waals surface area contributed by atoms with E-state index in [0.717, 1.165) is 6.07 Å². The summed E-state index contributed by atoms with van der Waals surface area (Å²) >= 11 is 0. The van der Waals surface area contributed by atoms with E-state index in [0.29, 0.717) is 25.1 Å². The Bertz CT molecular complexity index is 994. The number of hydrogen-bond acceptors (Lipinski definition) is 3. The Balaban J connectivity index is 1.52. The van der Waals surface area contributed by atoms with Crippen LogP contribution in [0.25, 0.3) is 0 Å². The van der Waals surface area contributed by atoms with Crippen molar-refractivity contribution in [2.45, 2.75) is 31.7 Å². The number of hydrogen-bond donors (Lipinski definition) is 1. The van der Waals surface area contributed by atoms with Crippen molar-refractivity contribution in [1.82, 2.24) is 5.32 Å². The molecule has 2 aliphatic rings. The van der Waals surface area contributed by atoms with Crippen LogP contribution in [0.1, 0.15) is 36.0 Å². The number of nitrogens with zero attached hydrogens (tertiary/aromatic N) is 1. The lowest BCUT2D eigenvalue weighted by molar-refractivity contribution is -0.135. The van der Waals surface area contributed by atoms with Gasteiger partial charge in [-0.2, -0.15) is 0 Å². The molecule has 2 aromatic carbocycles. The average Bonchev–Trinajstić information content (AvgIpc) is 2.96. The predicted octanol–water partition coefficient (Wildman–Crippen LogP) is 3.24. The lowest BCUT2D eigenvalue weighted by Crippen LogP contribution is -2.48. The molecular formula is C22H20F2N2O3. The van der Waals surface area contributed by atoms with Gasteiger partial charge in [0.2, 0.25) is 5.91 Å². The van der Waals surface area contributed by atoms with Gasteiger partial charge in [0.1, 0.15) is 17.4 Å². The van der Waals surface area contributed by atoms with Gasteiger partial charge in [-0.1, -0.05) is 12.1 Å². The summed E-state index contributed by atoms with van der Waals surface area (Å²) in [5.74, 6) is -1.76. The number of ketones is 1. The zero-order valence-corrected chi connectivity index (χ0v) is 15.7. The van der Waals surface area contributed by atoms with Gasteiger partial charge < -0.3 is 10.2 Å². The lowest BCUT2D eigenvalue weighted by atomic mass is 9.70. The van der Waals surface area contributed by atoms with Gasteiger partial charge in [0.05, 0.1) is 5.41 Å². The van der Waals surface area contributed by atoms with Crippen molar-refractivity contribution >= 4 is 23.3 Å². The van der Waals surface area contributed by atoms with Crippen LogP contribution in [0.2, 0.25) is 0 Å². The number of nitrogens with one attached hydrogen (secondary N) is 1. The molecular weight excluding hydrogens is 378 g/mol. The number of amides is 2. The number of carbonyl (C=O) groups is 3. The van der Waals surface area contributed by atoms with Crippen LogP contribution in [0.3, 0.4) is 0 Å². The quantitative estimate of drug-likeness (QED) is 0.863. The maximum Gasteiger partial charge on any atom is 0.251 e. The first-order valence-corrected chi connectivity index (χ1v) is 9.52. The topological polar surface area (TPSA) is 66.5 Å². The Morgan fingerprint density at radius 2 is 1.79 bits per heavy atom. The molecule has 2 amide bonds. The molecule has 1 spiro atoms. The predicted molar refractivity (Wildman–Crippen MR) is 102 cm³/mol. The van der Waals surface area contributed by atoms with Crippen LogP contribution in [0.5, 0.6) is 0 Å². The molecule has 0 unspecified atom stereocenters. The number of anilines is 1. The molecule has 1 heterocycles. The van der Waals surface area contributed by atoms with Crippen LogP contribution >= 0.6 is 0 Å². The summed E-state index contributed by atoms with van der Waals surface area (Å²) in [6.07, 6.45) is 1.03. The summed E-state index contributed by atoms with van der Waals surface area (Å²) in [5.41, 5.74) is -0.275. The Labute approximate surface area is 166 Å². The number of halogens is 2. The van der Waals surface area contributed by atoms with Gasteiger partial charge in [-0.3, -0.25) is 14.4 Å². The molecule has 0 radical (unpaired) electrons. The second kappa shape index (κ2) is 7.39. The van der Waals surface area contributed by atoms with E-state index in [2.05, 4.69) is 5.32 Å². The van der Waals surface area contributed by atoms with Crippen molar-refractivity contribution in [3.8, 4) is 0 Å². The van der Waals surface area contributed by atoms with E-state index < -0.39 is 29.0 Å². The summed E-state index contributed by atoms with van der Waals surface area (Å²) in [5, 5.41) is 2.77. The highest BCUT2D eigenvalue weighted by atomic mass is 19.1. The molecule has 0 bridgehead atoms. The summed E-state index contributed by atoms with van der Waals surface area (Å²) in [6, 6.07) is 10.6. The molecule has 1 aliphatic heterocycles. The fourth-order valence-electron chi connectivity index (χ4n) is 4.41. The highest BCUT2D eigenvalue weighted by Gasteiger charge is 2.52. The highest BCUT2D eigenvalue weighted by Crippen LogP contribution is 2.45. The van der Waals surface area contributed by atoms with E-state index in [-0.39, 0.29) is 30.1 Å². The van der Waals surface area contributed by atoms with E-state index in [9.17, 15) is 23.2 Å². The monoisotopic (exact) mass is 398 g/mol. The van der Waals surface area contributed by atoms with Crippen molar-refractivity contribution < 1.29 is 23.2 Å². The molecule has 2 atom stereocenters. The Morgan fingerprint density at radius 1 is 1.07 bits per heavy atom. The van der Waals surface area contributed by atoms with Crippen molar-refractivity contribution in [3.63, 3.8) is 0 Å². The summed E-state index contributed by atoms with van der Waals surface area (Å²) in [6.45, 7) is 0.389. The SMILES string of the molecule is O=C1C[C@H](NC(=O)c2cccc(F)c2)C[C@@]2(CCN(c3cccc(F)c3)C2=O)C1. The summed E-state index contributed by atoms with van der Waals surface area (Å²) in [7, 11) is 0. The van der Waals surface area contributed by atoms with Gasteiger partial charge in [0.15, 0.2) is 0 Å². The van der Waals surface area contributed by atoms with Crippen LogP contribution in [-0.2, 0) is 9.59 Å². The minimum Gasteiger partial charge on any atom is -0.349 e. The molecule has 4 rings (SSSR count). The summed E-state index contributed by atoms with van der Waals surface area (Å²) in [4.78, 5) is 39.5. The van der Waals surface area contributed by atoms with Gasteiger partial charge in [-0.15, -0.1) is 0 Å². The second-order valence-electron chi connectivity index (χ2n) is 7.77. The maximum atomic E-state index is 13.6. The van der Waals surface area contributed by atoms with Crippen molar-refractivity contribution in [2.24, 2.45) is 5.41 Å². The first-order valence-electron chi connectivity index (χ1n) is 9.52. The number of rotatable bonds is 3. The third kappa shape index (κ3) is 3.77. The molecule has 1 aliphatic carbocycles. The summed E-state index contributed by atoms with van der Waals surface area (Å²) < 4.78 is 27.0. The Hall–Kier alpha value is -3.09. The van der Waals surface area contributed by atoms with Crippen molar-refractivity contribution in [2.75, 3.05) is 11.4 Å². The fourth-order valence-corrected chi connectivity index (χ4v) is 4.41. The van der Waals surface area contributed by atoms with Crippen LogP contribution in [-0.4, -0.2) is 30.2 Å². The minimum atomic E-state index is -0.901. The number of benzene rings is 2. The van der Waals surface area contributed by atoms with Crippen LogP contribution < -0.4 is 10.2 Å². The zero-order chi connectivity index (χ0) is 20.6. The van der Waals surface area contributed by atoms with E-state index in [4.69, 9.17) is 0 Å². The van der Waals surface area contributed by atoms with E-state index in [1.54, 1.807) is 6.07 Å². The molecule has 150 valence electrons. The molecule has 1 saturated carbocycles. The normalized spacial score (nSPS) is 24.2. The smallest absolute Gasteiger partial charge is 0.251 e. The second-order valence-corrected chi connectivity index (χ2v) is 7.77. The Morgan fingerprint density at radius 3 is 2.52 bits per heavy atom. The third-order valence-electron chi connectivity index (χ3n) is 5.70. The van der Waals surface area contributed by atoms with Crippen molar-refractivity contribution in [1.29, 1.82) is 0 Å². The number of Topliss-reactive ketones (excluding diaryl/α,β-unsaturated/α-hetero) is 1. The molecule has 5 nitrogen and oxygen atoms in total. The largest absolute Gasteiger partial charge is 0.349 e. The van der Waals surface area contributed by atoms with Gasteiger partial charge in [0.25, 0.3) is 5.91 Å². The molecule has 29 heavy (non-hydrogen) atoms. The minimum absolute atomic E-state index is 0.102. The molecule has 1 saturated heterocycles. The first-order chi connectivity index (χ1) is 13.9. The van der Waals surface area contributed by atoms with Crippen LogP contribution in [0, 0.1) is 17.0 Å². The average molecular weight is 398 g/mol. The fraction of sp³-hybridized carbons (Fsp3) is 0.318. The van der Waals surface area contributed by atoms with E-state index in [1.165, 1.54) is 41.3 Å². The molecule has 1 N–H and O–H groups in total. The van der Waals surface area contributed by atoms with Crippen LogP contribution in [0.15, 0.2) is 48.5 Å². The Kier molecular flexibility index (Phi) is 4.90. The van der Waals surface area contributed by atoms with Gasteiger partial charge in [-0.25, -0.2) is 8.78 Å². The zero-order valence-electron chi connectivity index (χ0n) is 15.7. The first kappa shape index (κ1) is 19.2. The van der Waals surface area contributed by atoms with Crippen LogP contribution in [0.4, 0.5) is 14.5 Å². The maximum absolute atomic E-state index is 13.6.